The van der Waals surface area contributed by atoms with Crippen LogP contribution < -0.4 is 15.4 Å². The Bertz CT molecular complexity index is 998. The van der Waals surface area contributed by atoms with E-state index in [2.05, 4.69) is 44.6 Å². The standard InChI is InChI=1S/C23H28ClN5O2/c1-4-29(11-12-30)15-17-5-7-18(8-6-17)27-23-25-14-16(2)22(28-23)26-19-9-10-20(24)21(13-19)31-3/h5-10,13-14,30H,4,11-12,15H2,1-3H3,(H2,25,26,27,28). The van der Waals surface area contributed by atoms with Gasteiger partial charge >= 0.3 is 0 Å². The number of nitrogens with one attached hydrogen (secondary N) is 2. The molecule has 0 aliphatic heterocycles. The highest BCUT2D eigenvalue weighted by Gasteiger charge is 2.08. The van der Waals surface area contributed by atoms with E-state index in [0.29, 0.717) is 29.1 Å². The van der Waals surface area contributed by atoms with Crippen molar-refractivity contribution in [2.75, 3.05) is 37.4 Å². The van der Waals surface area contributed by atoms with E-state index in [-0.39, 0.29) is 6.61 Å². The Labute approximate surface area is 188 Å². The van der Waals surface area contributed by atoms with Crippen molar-refractivity contribution in [3.8, 4) is 5.75 Å². The quantitative estimate of drug-likeness (QED) is 0.418. The molecular weight excluding hydrogens is 414 g/mol. The first-order valence-corrected chi connectivity index (χ1v) is 10.5. The van der Waals surface area contributed by atoms with Gasteiger partial charge in [0, 0.05) is 42.3 Å². The number of halogens is 1. The van der Waals surface area contributed by atoms with Crippen molar-refractivity contribution in [1.29, 1.82) is 0 Å². The van der Waals surface area contributed by atoms with Gasteiger partial charge in [0.2, 0.25) is 5.95 Å². The number of methoxy groups -OCH3 is 1. The molecule has 7 nitrogen and oxygen atoms in total. The van der Waals surface area contributed by atoms with Crippen LogP contribution >= 0.6 is 11.6 Å². The van der Waals surface area contributed by atoms with E-state index >= 15 is 0 Å². The Morgan fingerprint density at radius 2 is 1.84 bits per heavy atom. The van der Waals surface area contributed by atoms with Gasteiger partial charge in [0.15, 0.2) is 0 Å². The van der Waals surface area contributed by atoms with Crippen LogP contribution in [0.3, 0.4) is 0 Å². The SMILES string of the molecule is CCN(CCO)Cc1ccc(Nc2ncc(C)c(Nc3ccc(Cl)c(OC)c3)n2)cc1. The monoisotopic (exact) mass is 441 g/mol. The normalized spacial score (nSPS) is 10.9. The summed E-state index contributed by atoms with van der Waals surface area (Å²) in [6, 6.07) is 13.6. The molecule has 0 atom stereocenters. The Kier molecular flexibility index (Phi) is 8.06. The first kappa shape index (κ1) is 22.8. The molecule has 8 heteroatoms. The Morgan fingerprint density at radius 3 is 2.52 bits per heavy atom. The molecule has 0 aliphatic rings. The average molecular weight is 442 g/mol. The maximum absolute atomic E-state index is 9.14. The lowest BCUT2D eigenvalue weighted by atomic mass is 10.2. The molecule has 1 aromatic heterocycles. The van der Waals surface area contributed by atoms with Gasteiger partial charge < -0.3 is 20.5 Å². The first-order chi connectivity index (χ1) is 15.0. The minimum absolute atomic E-state index is 0.164. The van der Waals surface area contributed by atoms with Gasteiger partial charge in [-0.25, -0.2) is 4.98 Å². The maximum Gasteiger partial charge on any atom is 0.229 e. The summed E-state index contributed by atoms with van der Waals surface area (Å²) in [6.07, 6.45) is 1.77. The van der Waals surface area contributed by atoms with Crippen molar-refractivity contribution < 1.29 is 9.84 Å². The van der Waals surface area contributed by atoms with Crippen molar-refractivity contribution in [3.05, 3.63) is 64.8 Å². The minimum Gasteiger partial charge on any atom is -0.495 e. The summed E-state index contributed by atoms with van der Waals surface area (Å²) in [5.74, 6) is 1.79. The molecule has 3 rings (SSSR count). The number of aliphatic hydroxyl groups excluding tert-OH is 1. The minimum atomic E-state index is 0.164. The number of benzene rings is 2. The molecule has 0 radical (unpaired) electrons. The highest BCUT2D eigenvalue weighted by molar-refractivity contribution is 6.32. The molecule has 3 N–H and O–H groups in total. The van der Waals surface area contributed by atoms with E-state index in [9.17, 15) is 0 Å². The van der Waals surface area contributed by atoms with Gasteiger partial charge in [0.05, 0.1) is 18.7 Å². The van der Waals surface area contributed by atoms with Gasteiger partial charge in [-0.15, -0.1) is 0 Å². The molecule has 0 unspecified atom stereocenters. The lowest BCUT2D eigenvalue weighted by Crippen LogP contribution is -2.26. The van der Waals surface area contributed by atoms with Crippen molar-refractivity contribution in [2.24, 2.45) is 0 Å². The number of hydrogen-bond acceptors (Lipinski definition) is 7. The number of hydrogen-bond donors (Lipinski definition) is 3. The number of ether oxygens (including phenoxy) is 1. The summed E-state index contributed by atoms with van der Waals surface area (Å²) in [4.78, 5) is 11.2. The summed E-state index contributed by atoms with van der Waals surface area (Å²) in [7, 11) is 1.58. The van der Waals surface area contributed by atoms with Gasteiger partial charge in [0.25, 0.3) is 0 Å². The van der Waals surface area contributed by atoms with E-state index in [0.717, 1.165) is 30.0 Å². The third-order valence-electron chi connectivity index (χ3n) is 4.87. The number of aromatic nitrogens is 2. The van der Waals surface area contributed by atoms with Crippen LogP contribution in [0.4, 0.5) is 23.1 Å². The van der Waals surface area contributed by atoms with E-state index in [4.69, 9.17) is 21.4 Å². The third kappa shape index (κ3) is 6.30. The van der Waals surface area contributed by atoms with E-state index in [1.165, 1.54) is 5.56 Å². The second-order valence-electron chi connectivity index (χ2n) is 7.11. The van der Waals surface area contributed by atoms with Crippen molar-refractivity contribution in [1.82, 2.24) is 14.9 Å². The van der Waals surface area contributed by atoms with Crippen LogP contribution in [0.2, 0.25) is 5.02 Å². The number of anilines is 4. The van der Waals surface area contributed by atoms with Gasteiger partial charge in [-0.05, 0) is 43.3 Å². The molecule has 3 aromatic rings. The lowest BCUT2D eigenvalue weighted by molar-refractivity contribution is 0.197. The molecule has 0 aliphatic carbocycles. The van der Waals surface area contributed by atoms with E-state index in [1.54, 1.807) is 19.4 Å². The number of rotatable bonds is 10. The number of aliphatic hydroxyl groups is 1. The predicted molar refractivity (Wildman–Crippen MR) is 126 cm³/mol. The zero-order chi connectivity index (χ0) is 22.2. The molecule has 0 saturated heterocycles. The summed E-state index contributed by atoms with van der Waals surface area (Å²) in [5.41, 5.74) is 3.82. The molecule has 0 fully saturated rings. The van der Waals surface area contributed by atoms with Crippen LogP contribution in [0.1, 0.15) is 18.1 Å². The molecule has 31 heavy (non-hydrogen) atoms. The van der Waals surface area contributed by atoms with Crippen LogP contribution in [0.15, 0.2) is 48.7 Å². The lowest BCUT2D eigenvalue weighted by Gasteiger charge is -2.19. The highest BCUT2D eigenvalue weighted by Crippen LogP contribution is 2.29. The van der Waals surface area contributed by atoms with Crippen LogP contribution in [-0.2, 0) is 6.54 Å². The third-order valence-corrected chi connectivity index (χ3v) is 5.18. The largest absolute Gasteiger partial charge is 0.495 e. The van der Waals surface area contributed by atoms with Gasteiger partial charge in [-0.2, -0.15) is 4.98 Å². The van der Waals surface area contributed by atoms with Crippen molar-refractivity contribution in [2.45, 2.75) is 20.4 Å². The summed E-state index contributed by atoms with van der Waals surface area (Å²) in [5, 5.41) is 16.2. The predicted octanol–water partition coefficient (Wildman–Crippen LogP) is 4.75. The zero-order valence-corrected chi connectivity index (χ0v) is 18.8. The number of likely N-dealkylation sites (N-methyl/N-ethyl adjacent to an activating group) is 1. The second-order valence-corrected chi connectivity index (χ2v) is 7.52. The van der Waals surface area contributed by atoms with Gasteiger partial charge in [0.1, 0.15) is 11.6 Å². The fourth-order valence-electron chi connectivity index (χ4n) is 3.07. The average Bonchev–Trinajstić information content (AvgIpc) is 2.78. The topological polar surface area (TPSA) is 82.5 Å². The number of nitrogens with zero attached hydrogens (tertiary/aromatic N) is 3. The zero-order valence-electron chi connectivity index (χ0n) is 18.0. The highest BCUT2D eigenvalue weighted by atomic mass is 35.5. The molecule has 2 aromatic carbocycles. The fourth-order valence-corrected chi connectivity index (χ4v) is 3.27. The van der Waals surface area contributed by atoms with E-state index in [1.807, 2.05) is 31.2 Å². The van der Waals surface area contributed by atoms with Crippen LogP contribution in [0, 0.1) is 6.92 Å². The maximum atomic E-state index is 9.14. The Morgan fingerprint density at radius 1 is 1.10 bits per heavy atom. The van der Waals surface area contributed by atoms with Crippen molar-refractivity contribution in [3.63, 3.8) is 0 Å². The fraction of sp³-hybridized carbons (Fsp3) is 0.304. The smallest absolute Gasteiger partial charge is 0.229 e. The van der Waals surface area contributed by atoms with Crippen molar-refractivity contribution >= 4 is 34.7 Å². The van der Waals surface area contributed by atoms with Crippen LogP contribution in [0.5, 0.6) is 5.75 Å². The first-order valence-electron chi connectivity index (χ1n) is 10.2. The Hall–Kier alpha value is -2.87. The molecule has 0 saturated carbocycles. The van der Waals surface area contributed by atoms with Crippen LogP contribution in [-0.4, -0.2) is 46.8 Å². The molecule has 164 valence electrons. The molecule has 0 spiro atoms. The van der Waals surface area contributed by atoms with Crippen LogP contribution in [0.25, 0.3) is 0 Å². The molecular formula is C23H28ClN5O2. The summed E-state index contributed by atoms with van der Waals surface area (Å²) < 4.78 is 5.28. The van der Waals surface area contributed by atoms with E-state index < -0.39 is 0 Å². The summed E-state index contributed by atoms with van der Waals surface area (Å²) >= 11 is 6.11. The molecule has 1 heterocycles. The number of aryl methyl sites for hydroxylation is 1. The second kappa shape index (κ2) is 10.9. The van der Waals surface area contributed by atoms with Gasteiger partial charge in [-0.3, -0.25) is 4.90 Å². The Balaban J connectivity index is 1.70. The summed E-state index contributed by atoms with van der Waals surface area (Å²) in [6.45, 7) is 6.57. The molecule has 0 bridgehead atoms. The molecule has 0 amide bonds. The van der Waals surface area contributed by atoms with Gasteiger partial charge in [-0.1, -0.05) is 30.7 Å².